The second-order valence-corrected chi connectivity index (χ2v) is 5.29. The molecule has 0 saturated carbocycles. The van der Waals surface area contributed by atoms with E-state index in [0.29, 0.717) is 12.2 Å². The van der Waals surface area contributed by atoms with E-state index in [1.165, 1.54) is 7.11 Å². The zero-order valence-corrected chi connectivity index (χ0v) is 11.1. The van der Waals surface area contributed by atoms with E-state index in [9.17, 15) is 8.78 Å². The monoisotopic (exact) mass is 256 g/mol. The Balaban J connectivity index is 2.44. The first-order valence-electron chi connectivity index (χ1n) is 6.04. The number of rotatable bonds is 2. The van der Waals surface area contributed by atoms with Gasteiger partial charge in [-0.2, -0.15) is 4.39 Å². The largest absolute Gasteiger partial charge is 0.493 e. The van der Waals surface area contributed by atoms with Crippen molar-refractivity contribution in [3.05, 3.63) is 29.3 Å². The van der Waals surface area contributed by atoms with E-state index in [2.05, 4.69) is 6.92 Å². The fourth-order valence-corrected chi connectivity index (χ4v) is 2.47. The van der Waals surface area contributed by atoms with Gasteiger partial charge in [0.05, 0.1) is 19.3 Å². The molecule has 18 heavy (non-hydrogen) atoms. The van der Waals surface area contributed by atoms with Crippen LogP contribution in [0.4, 0.5) is 8.78 Å². The molecule has 0 unspecified atom stereocenters. The minimum atomic E-state index is -0.924. The Morgan fingerprint density at radius 2 is 2.00 bits per heavy atom. The standard InChI is InChI=1S/C14H18F2O2/c1-8-10(7-18-14(8,2)3)9-5-6-11(15)12(16)13(9)17-4/h5-6,8,10H,7H2,1-4H3/t8-,10+/m1/s1. The molecular formula is C14H18F2O2. The van der Waals surface area contributed by atoms with Crippen LogP contribution in [-0.2, 0) is 4.74 Å². The maximum Gasteiger partial charge on any atom is 0.200 e. The zero-order chi connectivity index (χ0) is 13.5. The molecule has 1 aliphatic heterocycles. The van der Waals surface area contributed by atoms with Gasteiger partial charge in [0.1, 0.15) is 0 Å². The summed E-state index contributed by atoms with van der Waals surface area (Å²) in [4.78, 5) is 0. The Hall–Kier alpha value is -1.16. The summed E-state index contributed by atoms with van der Waals surface area (Å²) in [7, 11) is 1.35. The topological polar surface area (TPSA) is 18.5 Å². The first-order valence-corrected chi connectivity index (χ1v) is 6.04. The van der Waals surface area contributed by atoms with E-state index in [1.54, 1.807) is 6.07 Å². The summed E-state index contributed by atoms with van der Waals surface area (Å²) in [5, 5.41) is 0. The molecule has 100 valence electrons. The van der Waals surface area contributed by atoms with Gasteiger partial charge in [-0.05, 0) is 25.8 Å². The third kappa shape index (κ3) is 1.99. The van der Waals surface area contributed by atoms with Gasteiger partial charge in [-0.3, -0.25) is 0 Å². The minimum absolute atomic E-state index is 0.00634. The average molecular weight is 256 g/mol. The molecule has 0 aromatic heterocycles. The van der Waals surface area contributed by atoms with Crippen LogP contribution in [0.25, 0.3) is 0 Å². The predicted octanol–water partition coefficient (Wildman–Crippen LogP) is 3.50. The summed E-state index contributed by atoms with van der Waals surface area (Å²) < 4.78 is 37.6. The van der Waals surface area contributed by atoms with Gasteiger partial charge in [0, 0.05) is 11.5 Å². The summed E-state index contributed by atoms with van der Waals surface area (Å²) in [5.74, 6) is -1.59. The smallest absolute Gasteiger partial charge is 0.200 e. The highest BCUT2D eigenvalue weighted by molar-refractivity contribution is 5.39. The maximum atomic E-state index is 13.7. The van der Waals surface area contributed by atoms with E-state index in [0.717, 1.165) is 6.07 Å². The third-order valence-corrected chi connectivity index (χ3v) is 4.02. The molecule has 0 spiro atoms. The zero-order valence-electron chi connectivity index (χ0n) is 11.1. The van der Waals surface area contributed by atoms with Gasteiger partial charge in [0.2, 0.25) is 5.82 Å². The number of halogens is 2. The minimum Gasteiger partial charge on any atom is -0.493 e. The Labute approximate surface area is 106 Å². The first kappa shape index (κ1) is 13.3. The normalized spacial score (nSPS) is 26.3. The Kier molecular flexibility index (Phi) is 3.32. The molecule has 1 aromatic carbocycles. The van der Waals surface area contributed by atoms with Gasteiger partial charge in [0.25, 0.3) is 0 Å². The molecule has 2 atom stereocenters. The van der Waals surface area contributed by atoms with Crippen LogP contribution in [0.15, 0.2) is 12.1 Å². The van der Waals surface area contributed by atoms with Crippen molar-refractivity contribution in [3.8, 4) is 5.75 Å². The van der Waals surface area contributed by atoms with Crippen LogP contribution in [0.2, 0.25) is 0 Å². The lowest BCUT2D eigenvalue weighted by Crippen LogP contribution is -2.26. The molecule has 4 heteroatoms. The number of benzene rings is 1. The molecule has 1 saturated heterocycles. The predicted molar refractivity (Wildman–Crippen MR) is 64.8 cm³/mol. The van der Waals surface area contributed by atoms with E-state index < -0.39 is 11.6 Å². The van der Waals surface area contributed by atoms with Gasteiger partial charge in [0.15, 0.2) is 11.6 Å². The fraction of sp³-hybridized carbons (Fsp3) is 0.571. The highest BCUT2D eigenvalue weighted by Gasteiger charge is 2.42. The number of ether oxygens (including phenoxy) is 2. The van der Waals surface area contributed by atoms with Crippen LogP contribution in [0.5, 0.6) is 5.75 Å². The summed E-state index contributed by atoms with van der Waals surface area (Å²) in [6, 6.07) is 2.73. The van der Waals surface area contributed by atoms with Crippen LogP contribution in [-0.4, -0.2) is 19.3 Å². The van der Waals surface area contributed by atoms with Crippen molar-refractivity contribution >= 4 is 0 Å². The van der Waals surface area contributed by atoms with Crippen LogP contribution in [0.3, 0.4) is 0 Å². The second kappa shape index (κ2) is 4.50. The third-order valence-electron chi connectivity index (χ3n) is 4.02. The van der Waals surface area contributed by atoms with E-state index in [1.807, 2.05) is 13.8 Å². The molecule has 1 aromatic rings. The van der Waals surface area contributed by atoms with Crippen LogP contribution in [0, 0.1) is 17.6 Å². The molecular weight excluding hydrogens is 238 g/mol. The molecule has 0 aliphatic carbocycles. The summed E-state index contributed by atoms with van der Waals surface area (Å²) in [6.07, 6.45) is 0. The average Bonchev–Trinajstić information content (AvgIpc) is 2.58. The Bertz CT molecular complexity index is 457. The molecule has 1 fully saturated rings. The van der Waals surface area contributed by atoms with Crippen LogP contribution < -0.4 is 4.74 Å². The van der Waals surface area contributed by atoms with Gasteiger partial charge in [-0.25, -0.2) is 4.39 Å². The molecule has 1 heterocycles. The fourth-order valence-electron chi connectivity index (χ4n) is 2.47. The van der Waals surface area contributed by atoms with Crippen molar-refractivity contribution in [1.82, 2.24) is 0 Å². The lowest BCUT2D eigenvalue weighted by molar-refractivity contribution is 0.0153. The van der Waals surface area contributed by atoms with Crippen LogP contribution >= 0.6 is 0 Å². The molecule has 0 amide bonds. The van der Waals surface area contributed by atoms with Crippen molar-refractivity contribution in [2.45, 2.75) is 32.3 Å². The molecule has 0 bridgehead atoms. The number of methoxy groups -OCH3 is 1. The van der Waals surface area contributed by atoms with E-state index in [4.69, 9.17) is 9.47 Å². The number of hydrogen-bond donors (Lipinski definition) is 0. The molecule has 0 radical (unpaired) electrons. The van der Waals surface area contributed by atoms with Gasteiger partial charge < -0.3 is 9.47 Å². The van der Waals surface area contributed by atoms with Crippen molar-refractivity contribution < 1.29 is 18.3 Å². The van der Waals surface area contributed by atoms with E-state index in [-0.39, 0.29) is 23.2 Å². The van der Waals surface area contributed by atoms with Gasteiger partial charge in [-0.1, -0.05) is 13.0 Å². The highest BCUT2D eigenvalue weighted by atomic mass is 19.2. The van der Waals surface area contributed by atoms with Crippen molar-refractivity contribution in [2.24, 2.45) is 5.92 Å². The lowest BCUT2D eigenvalue weighted by atomic mass is 9.81. The Morgan fingerprint density at radius 3 is 2.50 bits per heavy atom. The summed E-state index contributed by atoms with van der Waals surface area (Å²) in [6.45, 7) is 6.56. The lowest BCUT2D eigenvalue weighted by Gasteiger charge is -2.25. The molecule has 2 nitrogen and oxygen atoms in total. The summed E-state index contributed by atoms with van der Waals surface area (Å²) >= 11 is 0. The van der Waals surface area contributed by atoms with Gasteiger partial charge in [-0.15, -0.1) is 0 Å². The highest BCUT2D eigenvalue weighted by Crippen LogP contribution is 2.45. The molecule has 2 rings (SSSR count). The van der Waals surface area contributed by atoms with Crippen molar-refractivity contribution in [2.75, 3.05) is 13.7 Å². The quantitative estimate of drug-likeness (QED) is 0.806. The molecule has 0 N–H and O–H groups in total. The Morgan fingerprint density at radius 1 is 1.33 bits per heavy atom. The molecule has 1 aliphatic rings. The van der Waals surface area contributed by atoms with Crippen molar-refractivity contribution in [1.29, 1.82) is 0 Å². The van der Waals surface area contributed by atoms with Gasteiger partial charge >= 0.3 is 0 Å². The first-order chi connectivity index (χ1) is 8.38. The maximum absolute atomic E-state index is 13.7. The summed E-state index contributed by atoms with van der Waals surface area (Å²) in [5.41, 5.74) is 0.412. The SMILES string of the molecule is COc1c([C@H]2COC(C)(C)[C@@H]2C)ccc(F)c1F. The second-order valence-electron chi connectivity index (χ2n) is 5.29. The number of hydrogen-bond acceptors (Lipinski definition) is 2. The van der Waals surface area contributed by atoms with Crippen molar-refractivity contribution in [3.63, 3.8) is 0 Å². The van der Waals surface area contributed by atoms with Crippen LogP contribution in [0.1, 0.15) is 32.3 Å². The van der Waals surface area contributed by atoms with E-state index >= 15 is 0 Å².